The highest BCUT2D eigenvalue weighted by atomic mass is 35.5. The van der Waals surface area contributed by atoms with Gasteiger partial charge < -0.3 is 26.7 Å². The van der Waals surface area contributed by atoms with Gasteiger partial charge in [0.2, 0.25) is 17.2 Å². The van der Waals surface area contributed by atoms with Crippen LogP contribution < -0.4 is 10.6 Å². The SMILES string of the molecule is CCCS(=O)(=O)c1ccc(N=Nc2cc(S(=O)(=O)O)c(N=C=C=CO)cc2Nc2nc(Cl)nc(Nc3ccc(SC#COOS(=O)(=O)O)cc3)n2)cc1.O.O. The molecule has 0 spiro atoms. The molecule has 0 fully saturated rings. The van der Waals surface area contributed by atoms with Gasteiger partial charge in [0, 0.05) is 21.7 Å². The minimum absolute atomic E-state index is 0. The highest BCUT2D eigenvalue weighted by molar-refractivity contribution is 8.04. The van der Waals surface area contributed by atoms with E-state index in [1.54, 1.807) is 31.2 Å². The van der Waals surface area contributed by atoms with Crippen LogP contribution in [0.15, 0.2) is 103 Å². The molecule has 4 rings (SSSR count). The average molecular weight is 859 g/mol. The van der Waals surface area contributed by atoms with E-state index in [0.717, 1.165) is 23.9 Å². The Labute approximate surface area is 322 Å². The van der Waals surface area contributed by atoms with Crippen molar-refractivity contribution >= 4 is 99.9 Å². The van der Waals surface area contributed by atoms with E-state index in [9.17, 15) is 29.8 Å². The summed E-state index contributed by atoms with van der Waals surface area (Å²) in [5.41, 5.74) is 2.22. The summed E-state index contributed by atoms with van der Waals surface area (Å²) in [5, 5.41) is 25.0. The number of rotatable bonds is 14. The average Bonchev–Trinajstić information content (AvgIpc) is 3.07. The second kappa shape index (κ2) is 20.3. The van der Waals surface area contributed by atoms with Crippen molar-refractivity contribution in [2.24, 2.45) is 15.2 Å². The van der Waals surface area contributed by atoms with Gasteiger partial charge in [-0.15, -0.1) is 5.11 Å². The molecule has 0 unspecified atom stereocenters. The Balaban J connectivity index is 0.00000523. The Morgan fingerprint density at radius 2 is 1.55 bits per heavy atom. The number of nitrogens with zero attached hydrogens (tertiary/aromatic N) is 6. The Morgan fingerprint density at radius 1 is 0.891 bits per heavy atom. The molecule has 21 nitrogen and oxygen atoms in total. The predicted octanol–water partition coefficient (Wildman–Crippen LogP) is 4.50. The molecule has 0 aliphatic carbocycles. The first kappa shape index (κ1) is 45.7. The molecule has 1 aromatic heterocycles. The van der Waals surface area contributed by atoms with Gasteiger partial charge in [0.25, 0.3) is 10.1 Å². The molecule has 0 amide bonds. The van der Waals surface area contributed by atoms with Gasteiger partial charge in [-0.2, -0.15) is 41.9 Å². The maximum atomic E-state index is 12.4. The van der Waals surface area contributed by atoms with Gasteiger partial charge in [0.1, 0.15) is 16.8 Å². The lowest BCUT2D eigenvalue weighted by molar-refractivity contribution is -0.135. The van der Waals surface area contributed by atoms with Gasteiger partial charge in [-0.05, 0) is 101 Å². The van der Waals surface area contributed by atoms with Crippen molar-refractivity contribution in [1.82, 2.24) is 15.0 Å². The Kier molecular flexibility index (Phi) is 16.9. The van der Waals surface area contributed by atoms with Gasteiger partial charge in [-0.25, -0.2) is 8.42 Å². The first-order valence-electron chi connectivity index (χ1n) is 14.2. The number of benzene rings is 3. The van der Waals surface area contributed by atoms with Crippen molar-refractivity contribution in [1.29, 1.82) is 0 Å². The summed E-state index contributed by atoms with van der Waals surface area (Å²) in [6.07, 6.45) is 2.82. The number of aliphatic hydroxyl groups is 1. The van der Waals surface area contributed by atoms with Gasteiger partial charge >= 0.3 is 10.4 Å². The molecule has 0 saturated carbocycles. The van der Waals surface area contributed by atoms with Crippen LogP contribution in [-0.2, 0) is 39.6 Å². The maximum absolute atomic E-state index is 12.4. The van der Waals surface area contributed by atoms with Crippen LogP contribution in [0.4, 0.5) is 40.3 Å². The van der Waals surface area contributed by atoms with Crippen molar-refractivity contribution in [2.75, 3.05) is 16.4 Å². The number of aliphatic imine (C=N–C) groups is 1. The Bertz CT molecular complexity index is 2520. The number of aromatic nitrogens is 3. The number of halogens is 1. The predicted molar refractivity (Wildman–Crippen MR) is 199 cm³/mol. The molecule has 0 aliphatic heterocycles. The van der Waals surface area contributed by atoms with E-state index in [-0.39, 0.29) is 61.5 Å². The van der Waals surface area contributed by atoms with E-state index in [2.05, 4.69) is 66.9 Å². The molecular weight excluding hydrogens is 832 g/mol. The fourth-order valence-corrected chi connectivity index (χ4v) is 6.55. The molecule has 26 heteroatoms. The highest BCUT2D eigenvalue weighted by Crippen LogP contribution is 2.38. The monoisotopic (exact) mass is 858 g/mol. The number of hydrogen-bond donors (Lipinski definition) is 5. The van der Waals surface area contributed by atoms with Gasteiger partial charge in [-0.3, -0.25) is 14.0 Å². The third-order valence-corrected chi connectivity index (χ3v) is 9.86. The minimum atomic E-state index is -4.91. The van der Waals surface area contributed by atoms with Crippen LogP contribution in [-0.4, -0.2) is 77.0 Å². The first-order valence-corrected chi connectivity index (χ1v) is 19.8. The zero-order valence-electron chi connectivity index (χ0n) is 27.6. The number of nitrogens with one attached hydrogen (secondary N) is 2. The zero-order valence-corrected chi connectivity index (χ0v) is 31.6. The third-order valence-electron chi connectivity index (χ3n) is 5.94. The smallest absolute Gasteiger partial charge is 0.433 e. The minimum Gasteiger partial charge on any atom is -0.507 e. The van der Waals surface area contributed by atoms with Crippen LogP contribution in [0.3, 0.4) is 0 Å². The Morgan fingerprint density at radius 3 is 2.15 bits per heavy atom. The van der Waals surface area contributed by atoms with Crippen LogP contribution in [0.25, 0.3) is 0 Å². The summed E-state index contributed by atoms with van der Waals surface area (Å²) < 4.78 is 92.3. The van der Waals surface area contributed by atoms with Crippen molar-refractivity contribution in [2.45, 2.75) is 28.0 Å². The summed E-state index contributed by atoms with van der Waals surface area (Å²) in [5.74, 6) is 1.90. The maximum Gasteiger partial charge on any atom is 0.433 e. The van der Waals surface area contributed by atoms with Crippen LogP contribution in [0.1, 0.15) is 13.3 Å². The van der Waals surface area contributed by atoms with E-state index in [4.69, 9.17) is 21.3 Å². The van der Waals surface area contributed by atoms with Crippen molar-refractivity contribution in [3.63, 3.8) is 0 Å². The summed E-state index contributed by atoms with van der Waals surface area (Å²) in [6, 6.07) is 14.0. The number of sulfone groups is 1. The first-order chi connectivity index (χ1) is 25.1. The molecule has 0 atom stereocenters. The van der Waals surface area contributed by atoms with Crippen molar-refractivity contribution < 1.29 is 59.6 Å². The van der Waals surface area contributed by atoms with E-state index in [0.29, 0.717) is 23.3 Å². The van der Waals surface area contributed by atoms with E-state index in [1.807, 2.05) is 6.11 Å². The Hall–Kier alpha value is -5.45. The number of thioether (sulfide) groups is 1. The molecule has 3 aromatic carbocycles. The molecule has 0 aliphatic rings. The van der Waals surface area contributed by atoms with E-state index in [1.165, 1.54) is 24.3 Å². The van der Waals surface area contributed by atoms with Crippen LogP contribution >= 0.6 is 23.4 Å². The van der Waals surface area contributed by atoms with Crippen LogP contribution in [0.2, 0.25) is 5.28 Å². The summed E-state index contributed by atoms with van der Waals surface area (Å²) in [4.78, 5) is 20.1. The van der Waals surface area contributed by atoms with Crippen LogP contribution in [0.5, 0.6) is 0 Å². The number of azo groups is 1. The largest absolute Gasteiger partial charge is 0.507 e. The van der Waals surface area contributed by atoms with Crippen molar-refractivity contribution in [3.8, 4) is 11.4 Å². The second-order valence-corrected chi connectivity index (χ2v) is 15.4. The lowest BCUT2D eigenvalue weighted by Gasteiger charge is -2.12. The number of aliphatic hydroxyl groups excluding tert-OH is 1. The molecule has 55 heavy (non-hydrogen) atoms. The summed E-state index contributed by atoms with van der Waals surface area (Å²) in [7, 11) is -13.2. The van der Waals surface area contributed by atoms with Gasteiger partial charge in [-0.1, -0.05) is 6.92 Å². The molecule has 9 N–H and O–H groups in total. The van der Waals surface area contributed by atoms with E-state index < -0.39 is 35.2 Å². The number of anilines is 4. The zero-order chi connectivity index (χ0) is 38.6. The molecule has 0 saturated heterocycles. The molecule has 4 aromatic rings. The quantitative estimate of drug-likeness (QED) is 0.0134. The standard InChI is InChI=1S/C29H23ClN8O11S4.2H2O/c1-2-16-51(40,41)22-10-6-20(7-11-22)37-38-24-18-26(52(42,43)44)25(31-12-3-13-39)17-23(24)33-29-35-27(30)34-28(36-29)32-19-4-8-21(9-5-19)50-15-14-48-49-53(45,46)47;;/h4-11,13,17-18,39H,2,16H2,1H3,(H,42,43,44)(H,45,46,47)(H2,32,33,34,35,36);2*1H2. The van der Waals surface area contributed by atoms with Crippen molar-refractivity contribution in [3.05, 3.63) is 77.9 Å². The lowest BCUT2D eigenvalue weighted by Crippen LogP contribution is -2.05. The fourth-order valence-electron chi connectivity index (χ4n) is 3.85. The number of hydrogen-bond acceptors (Lipinski definition) is 18. The van der Waals surface area contributed by atoms with Crippen LogP contribution in [0, 0.1) is 11.4 Å². The van der Waals surface area contributed by atoms with Gasteiger partial charge in [0.05, 0.1) is 27.7 Å². The summed E-state index contributed by atoms with van der Waals surface area (Å²) >= 11 is 7.11. The normalized spacial score (nSPS) is 11.1. The summed E-state index contributed by atoms with van der Waals surface area (Å²) in [6.45, 7) is 1.74. The molecular formula is C29H27ClN8O13S4. The molecule has 0 bridgehead atoms. The topological polar surface area (TPSA) is 344 Å². The van der Waals surface area contributed by atoms with E-state index >= 15 is 0 Å². The third kappa shape index (κ3) is 14.4. The fraction of sp³-hybridized carbons (Fsp3) is 0.103. The molecule has 1 heterocycles. The lowest BCUT2D eigenvalue weighted by atomic mass is 10.2. The highest BCUT2D eigenvalue weighted by Gasteiger charge is 2.21. The van der Waals surface area contributed by atoms with Gasteiger partial charge in [0.15, 0.2) is 15.9 Å². The molecule has 292 valence electrons. The second-order valence-electron chi connectivity index (χ2n) is 9.73. The molecule has 0 radical (unpaired) electrons.